The predicted octanol–water partition coefficient (Wildman–Crippen LogP) is 1.26. The van der Waals surface area contributed by atoms with Gasteiger partial charge in [-0.2, -0.15) is 13.2 Å². The number of amides is 2. The van der Waals surface area contributed by atoms with E-state index >= 15 is 0 Å². The fourth-order valence-corrected chi connectivity index (χ4v) is 2.41. The van der Waals surface area contributed by atoms with E-state index in [0.717, 1.165) is 5.56 Å². The van der Waals surface area contributed by atoms with Crippen molar-refractivity contribution in [3.8, 4) is 0 Å². The van der Waals surface area contributed by atoms with Crippen molar-refractivity contribution < 1.29 is 32.3 Å². The summed E-state index contributed by atoms with van der Waals surface area (Å²) in [6.07, 6.45) is -4.82. The second-order valence-electron chi connectivity index (χ2n) is 5.65. The summed E-state index contributed by atoms with van der Waals surface area (Å²) < 4.78 is 42.0. The zero-order valence-electron chi connectivity index (χ0n) is 13.2. The molecule has 0 aromatic heterocycles. The minimum atomic E-state index is -4.51. The Balaban J connectivity index is 1.73. The summed E-state index contributed by atoms with van der Waals surface area (Å²) in [6.45, 7) is -2.05. The molecule has 2 amide bonds. The molecule has 1 unspecified atom stereocenters. The number of rotatable bonds is 6. The van der Waals surface area contributed by atoms with Crippen LogP contribution in [0.3, 0.4) is 0 Å². The molecule has 1 aromatic rings. The van der Waals surface area contributed by atoms with Crippen molar-refractivity contribution in [1.29, 1.82) is 0 Å². The van der Waals surface area contributed by atoms with E-state index in [9.17, 15) is 27.6 Å². The highest BCUT2D eigenvalue weighted by atomic mass is 19.4. The van der Waals surface area contributed by atoms with Crippen molar-refractivity contribution in [3.05, 3.63) is 35.9 Å². The van der Waals surface area contributed by atoms with E-state index in [2.05, 4.69) is 5.32 Å². The number of carbonyl (C=O) groups is 3. The fourth-order valence-electron chi connectivity index (χ4n) is 2.41. The van der Waals surface area contributed by atoms with E-state index in [1.165, 1.54) is 0 Å². The summed E-state index contributed by atoms with van der Waals surface area (Å²) in [7, 11) is 0. The Morgan fingerprint density at radius 1 is 1.24 bits per heavy atom. The van der Waals surface area contributed by atoms with Crippen LogP contribution in [0.2, 0.25) is 0 Å². The molecule has 136 valence electrons. The third-order valence-electron chi connectivity index (χ3n) is 3.61. The molecule has 0 aliphatic carbocycles. The number of nitrogens with one attached hydrogen (secondary N) is 1. The first-order chi connectivity index (χ1) is 11.7. The van der Waals surface area contributed by atoms with Gasteiger partial charge in [0.25, 0.3) is 0 Å². The molecule has 1 aromatic carbocycles. The number of ether oxygens (including phenoxy) is 1. The monoisotopic (exact) mass is 358 g/mol. The van der Waals surface area contributed by atoms with Crippen LogP contribution in [0.25, 0.3) is 0 Å². The molecule has 1 atom stereocenters. The average molecular weight is 358 g/mol. The maximum absolute atomic E-state index is 12.3. The molecule has 1 saturated heterocycles. The molecule has 9 heteroatoms. The van der Waals surface area contributed by atoms with Crippen LogP contribution in [0.15, 0.2) is 30.3 Å². The van der Waals surface area contributed by atoms with Crippen molar-refractivity contribution in [2.75, 3.05) is 19.6 Å². The summed E-state index contributed by atoms with van der Waals surface area (Å²) in [5.41, 5.74) is 0.784. The molecule has 1 N–H and O–H groups in total. The number of esters is 1. The van der Waals surface area contributed by atoms with Crippen LogP contribution < -0.4 is 5.32 Å². The molecule has 1 aliphatic rings. The zero-order chi connectivity index (χ0) is 18.4. The predicted molar refractivity (Wildman–Crippen MR) is 80.0 cm³/mol. The molecule has 0 spiro atoms. The Morgan fingerprint density at radius 3 is 2.56 bits per heavy atom. The normalized spacial score (nSPS) is 17.5. The Morgan fingerprint density at radius 2 is 1.92 bits per heavy atom. The van der Waals surface area contributed by atoms with Gasteiger partial charge in [-0.3, -0.25) is 14.4 Å². The Hall–Kier alpha value is -2.58. The van der Waals surface area contributed by atoms with E-state index in [0.29, 0.717) is 4.90 Å². The van der Waals surface area contributed by atoms with Crippen LogP contribution in [0.5, 0.6) is 0 Å². The van der Waals surface area contributed by atoms with E-state index in [-0.39, 0.29) is 19.6 Å². The van der Waals surface area contributed by atoms with Gasteiger partial charge in [0.15, 0.2) is 0 Å². The van der Waals surface area contributed by atoms with Gasteiger partial charge in [-0.1, -0.05) is 30.3 Å². The van der Waals surface area contributed by atoms with Gasteiger partial charge in [0.2, 0.25) is 11.8 Å². The van der Waals surface area contributed by atoms with Gasteiger partial charge in [0.05, 0.1) is 5.92 Å². The van der Waals surface area contributed by atoms with E-state index in [1.807, 2.05) is 6.07 Å². The van der Waals surface area contributed by atoms with Gasteiger partial charge in [-0.05, 0) is 5.56 Å². The van der Waals surface area contributed by atoms with Gasteiger partial charge >= 0.3 is 12.1 Å². The smallest absolute Gasteiger partial charge is 0.406 e. The van der Waals surface area contributed by atoms with Crippen molar-refractivity contribution >= 4 is 17.8 Å². The quantitative estimate of drug-likeness (QED) is 0.777. The van der Waals surface area contributed by atoms with Crippen molar-refractivity contribution in [2.24, 2.45) is 5.92 Å². The number of benzene rings is 1. The SMILES string of the molecule is O=C(CNC(=O)C1CC(=O)N(CC(F)(F)F)C1)OCc1ccccc1. The van der Waals surface area contributed by atoms with Gasteiger partial charge in [-0.15, -0.1) is 0 Å². The van der Waals surface area contributed by atoms with Crippen molar-refractivity contribution in [1.82, 2.24) is 10.2 Å². The number of hydrogen-bond acceptors (Lipinski definition) is 4. The average Bonchev–Trinajstić information content (AvgIpc) is 2.90. The maximum atomic E-state index is 12.3. The first-order valence-corrected chi connectivity index (χ1v) is 7.56. The molecule has 0 radical (unpaired) electrons. The highest BCUT2D eigenvalue weighted by Crippen LogP contribution is 2.23. The Bertz CT molecular complexity index is 634. The molecular formula is C16H17F3N2O4. The van der Waals surface area contributed by atoms with Gasteiger partial charge in [-0.25, -0.2) is 0 Å². The number of carbonyl (C=O) groups excluding carboxylic acids is 3. The summed E-state index contributed by atoms with van der Waals surface area (Å²) >= 11 is 0. The fraction of sp³-hybridized carbons (Fsp3) is 0.438. The van der Waals surface area contributed by atoms with Crippen LogP contribution >= 0.6 is 0 Å². The molecule has 1 fully saturated rings. The van der Waals surface area contributed by atoms with E-state index in [4.69, 9.17) is 4.74 Å². The topological polar surface area (TPSA) is 75.7 Å². The molecule has 0 bridgehead atoms. The van der Waals surface area contributed by atoms with E-state index in [1.54, 1.807) is 24.3 Å². The first-order valence-electron chi connectivity index (χ1n) is 7.56. The van der Waals surface area contributed by atoms with Crippen LogP contribution in [-0.2, 0) is 25.7 Å². The molecule has 1 aliphatic heterocycles. The van der Waals surface area contributed by atoms with Gasteiger partial charge in [0, 0.05) is 13.0 Å². The molecule has 25 heavy (non-hydrogen) atoms. The lowest BCUT2D eigenvalue weighted by molar-refractivity contribution is -0.157. The summed E-state index contributed by atoms with van der Waals surface area (Å²) in [5, 5.41) is 2.29. The third-order valence-corrected chi connectivity index (χ3v) is 3.61. The van der Waals surface area contributed by atoms with Gasteiger partial charge in [0.1, 0.15) is 19.7 Å². The lowest BCUT2D eigenvalue weighted by Crippen LogP contribution is -2.38. The number of likely N-dealkylation sites (tertiary alicyclic amines) is 1. The highest BCUT2D eigenvalue weighted by molar-refractivity contribution is 5.90. The van der Waals surface area contributed by atoms with Crippen molar-refractivity contribution in [2.45, 2.75) is 19.2 Å². The van der Waals surface area contributed by atoms with Crippen LogP contribution in [0.1, 0.15) is 12.0 Å². The second-order valence-corrected chi connectivity index (χ2v) is 5.65. The molecule has 6 nitrogen and oxygen atoms in total. The second kappa shape index (κ2) is 8.00. The largest absolute Gasteiger partial charge is 0.460 e. The minimum Gasteiger partial charge on any atom is -0.460 e. The number of halogens is 3. The summed E-state index contributed by atoms with van der Waals surface area (Å²) in [4.78, 5) is 35.6. The summed E-state index contributed by atoms with van der Waals surface area (Å²) in [5.74, 6) is -2.95. The van der Waals surface area contributed by atoms with Crippen LogP contribution in [0.4, 0.5) is 13.2 Å². The Labute approximate surface area is 141 Å². The van der Waals surface area contributed by atoms with Gasteiger partial charge < -0.3 is 15.0 Å². The zero-order valence-corrected chi connectivity index (χ0v) is 13.2. The van der Waals surface area contributed by atoms with E-state index < -0.39 is 43.0 Å². The molecule has 2 rings (SSSR count). The Kier molecular flexibility index (Phi) is 6.00. The number of nitrogens with zero attached hydrogens (tertiary/aromatic N) is 1. The third kappa shape index (κ3) is 6.09. The van der Waals surface area contributed by atoms with Crippen LogP contribution in [-0.4, -0.2) is 48.5 Å². The highest BCUT2D eigenvalue weighted by Gasteiger charge is 2.40. The number of hydrogen-bond donors (Lipinski definition) is 1. The standard InChI is InChI=1S/C16H17F3N2O4/c17-16(18,19)10-21-8-12(6-13(21)22)15(24)20-7-14(23)25-9-11-4-2-1-3-5-11/h1-5,12H,6-10H2,(H,20,24). The number of alkyl halides is 3. The lowest BCUT2D eigenvalue weighted by Gasteiger charge is -2.18. The lowest BCUT2D eigenvalue weighted by atomic mass is 10.1. The summed E-state index contributed by atoms with van der Waals surface area (Å²) in [6, 6.07) is 8.93. The molecule has 1 heterocycles. The first kappa shape index (κ1) is 18.8. The van der Waals surface area contributed by atoms with Crippen LogP contribution in [0, 0.1) is 5.92 Å². The molecular weight excluding hydrogens is 341 g/mol. The minimum absolute atomic E-state index is 0.0524. The molecule has 0 saturated carbocycles. The maximum Gasteiger partial charge on any atom is 0.406 e. The van der Waals surface area contributed by atoms with Crippen molar-refractivity contribution in [3.63, 3.8) is 0 Å².